The van der Waals surface area contributed by atoms with Crippen LogP contribution in [0, 0.1) is 11.8 Å². The maximum absolute atomic E-state index is 6.06. The van der Waals surface area contributed by atoms with E-state index in [-0.39, 0.29) is 0 Å². The highest BCUT2D eigenvalue weighted by Gasteiger charge is 2.29. The van der Waals surface area contributed by atoms with Gasteiger partial charge in [-0.15, -0.1) is 0 Å². The van der Waals surface area contributed by atoms with Crippen molar-refractivity contribution in [3.05, 3.63) is 0 Å². The third kappa shape index (κ3) is 7.94. The maximum Gasteiger partial charge on any atom is 0.0605 e. The Labute approximate surface area is 156 Å². The molecule has 1 heterocycles. The van der Waals surface area contributed by atoms with Gasteiger partial charge in [-0.2, -0.15) is 0 Å². The number of nitrogens with one attached hydrogen (secondary N) is 1. The van der Waals surface area contributed by atoms with Crippen LogP contribution < -0.4 is 5.32 Å². The molecule has 0 amide bonds. The average molecular weight is 354 g/mol. The van der Waals surface area contributed by atoms with Crippen molar-refractivity contribution < 1.29 is 4.74 Å². The van der Waals surface area contributed by atoms with Gasteiger partial charge in [-0.3, -0.25) is 4.90 Å². The van der Waals surface area contributed by atoms with Gasteiger partial charge >= 0.3 is 0 Å². The topological polar surface area (TPSA) is 27.7 Å². The van der Waals surface area contributed by atoms with Crippen LogP contribution in [-0.4, -0.2) is 74.4 Å². The van der Waals surface area contributed by atoms with Gasteiger partial charge in [0.25, 0.3) is 0 Å². The van der Waals surface area contributed by atoms with Crippen molar-refractivity contribution in [1.82, 2.24) is 15.1 Å². The summed E-state index contributed by atoms with van der Waals surface area (Å²) in [5.41, 5.74) is 0. The molecule has 1 aliphatic heterocycles. The second-order valence-electron chi connectivity index (χ2n) is 8.67. The highest BCUT2D eigenvalue weighted by molar-refractivity contribution is 4.86. The predicted molar refractivity (Wildman–Crippen MR) is 107 cm³/mol. The van der Waals surface area contributed by atoms with E-state index >= 15 is 0 Å². The van der Waals surface area contributed by atoms with E-state index < -0.39 is 0 Å². The molecule has 0 aromatic heterocycles. The van der Waals surface area contributed by atoms with Gasteiger partial charge in [0, 0.05) is 45.3 Å². The minimum absolute atomic E-state index is 0.505. The zero-order valence-corrected chi connectivity index (χ0v) is 17.3. The smallest absolute Gasteiger partial charge is 0.0605 e. The highest BCUT2D eigenvalue weighted by Crippen LogP contribution is 2.23. The fourth-order valence-electron chi connectivity index (χ4n) is 4.01. The molecule has 0 spiro atoms. The molecule has 0 bridgehead atoms. The number of ether oxygens (including phenoxy) is 1. The minimum atomic E-state index is 0.505. The van der Waals surface area contributed by atoms with Gasteiger partial charge in [-0.1, -0.05) is 40.5 Å². The van der Waals surface area contributed by atoms with Crippen LogP contribution in [0.2, 0.25) is 0 Å². The van der Waals surface area contributed by atoms with Crippen LogP contribution in [0.5, 0.6) is 0 Å². The molecule has 0 aromatic rings. The first-order chi connectivity index (χ1) is 12.1. The Morgan fingerprint density at radius 1 is 1.04 bits per heavy atom. The van der Waals surface area contributed by atoms with Gasteiger partial charge in [0.15, 0.2) is 0 Å². The molecule has 0 radical (unpaired) electrons. The summed E-state index contributed by atoms with van der Waals surface area (Å²) < 4.78 is 6.06. The van der Waals surface area contributed by atoms with Crippen molar-refractivity contribution >= 4 is 0 Å². The monoisotopic (exact) mass is 353 g/mol. The summed E-state index contributed by atoms with van der Waals surface area (Å²) in [6, 6.07) is 0.700. The lowest BCUT2D eigenvalue weighted by atomic mass is 9.89. The zero-order chi connectivity index (χ0) is 18.1. The van der Waals surface area contributed by atoms with E-state index in [1.54, 1.807) is 0 Å². The second kappa shape index (κ2) is 11.5. The molecule has 1 saturated heterocycles. The van der Waals surface area contributed by atoms with Crippen LogP contribution in [-0.2, 0) is 4.74 Å². The summed E-state index contributed by atoms with van der Waals surface area (Å²) in [5, 5.41) is 3.63. The first kappa shape index (κ1) is 21.1. The van der Waals surface area contributed by atoms with E-state index in [0.717, 1.165) is 31.5 Å². The molecule has 1 N–H and O–H groups in total. The summed E-state index contributed by atoms with van der Waals surface area (Å²) in [4.78, 5) is 5.27. The van der Waals surface area contributed by atoms with Gasteiger partial charge in [0.2, 0.25) is 0 Å². The Balaban J connectivity index is 1.48. The Hall–Kier alpha value is -0.160. The number of nitrogens with zero attached hydrogens (tertiary/aromatic N) is 2. The lowest BCUT2D eigenvalue weighted by molar-refractivity contribution is -0.0285. The van der Waals surface area contributed by atoms with Gasteiger partial charge < -0.3 is 15.0 Å². The number of piperazine rings is 1. The van der Waals surface area contributed by atoms with Crippen molar-refractivity contribution in [1.29, 1.82) is 0 Å². The van der Waals surface area contributed by atoms with Crippen LogP contribution in [0.15, 0.2) is 0 Å². The van der Waals surface area contributed by atoms with Crippen LogP contribution in [0.3, 0.4) is 0 Å². The minimum Gasteiger partial charge on any atom is -0.377 e. The summed E-state index contributed by atoms with van der Waals surface area (Å²) >= 11 is 0. The third-order valence-electron chi connectivity index (χ3n) is 5.93. The van der Waals surface area contributed by atoms with Crippen molar-refractivity contribution in [3.8, 4) is 0 Å². The highest BCUT2D eigenvalue weighted by atomic mass is 16.5. The zero-order valence-electron chi connectivity index (χ0n) is 17.3. The van der Waals surface area contributed by atoms with E-state index in [4.69, 9.17) is 4.74 Å². The molecule has 1 atom stereocenters. The Kier molecular flexibility index (Phi) is 9.75. The van der Waals surface area contributed by atoms with E-state index in [1.807, 2.05) is 0 Å². The van der Waals surface area contributed by atoms with Crippen molar-refractivity contribution in [3.63, 3.8) is 0 Å². The molecule has 1 aliphatic carbocycles. The van der Waals surface area contributed by atoms with Crippen LogP contribution >= 0.6 is 0 Å². The fraction of sp³-hybridized carbons (Fsp3) is 1.00. The van der Waals surface area contributed by atoms with E-state index in [9.17, 15) is 0 Å². The first-order valence-electron chi connectivity index (χ1n) is 10.9. The van der Waals surface area contributed by atoms with E-state index in [2.05, 4.69) is 42.8 Å². The van der Waals surface area contributed by atoms with Crippen LogP contribution in [0.1, 0.15) is 59.8 Å². The Morgan fingerprint density at radius 2 is 1.72 bits per heavy atom. The Morgan fingerprint density at radius 3 is 2.32 bits per heavy atom. The Bertz CT molecular complexity index is 336. The molecule has 1 unspecified atom stereocenters. The van der Waals surface area contributed by atoms with E-state index in [0.29, 0.717) is 12.1 Å². The third-order valence-corrected chi connectivity index (χ3v) is 5.93. The van der Waals surface area contributed by atoms with Crippen LogP contribution in [0.4, 0.5) is 0 Å². The molecule has 2 fully saturated rings. The number of rotatable bonds is 12. The predicted octanol–water partition coefficient (Wildman–Crippen LogP) is 3.22. The standard InChI is InChI=1S/C21H43N3O/c1-5-7-19(6-2)17-24-10-8-23(9-11-24)12-13-25-21-14-20(15-21)22-16-18(3)4/h18-22H,5-17H2,1-4H3/t19?,20-,21-. The SMILES string of the molecule is CCCC(CC)CN1CCN(CCO[C@H]2C[C@H](NCC(C)C)C2)CC1. The maximum atomic E-state index is 6.06. The molecule has 4 nitrogen and oxygen atoms in total. The fourth-order valence-corrected chi connectivity index (χ4v) is 4.01. The molecule has 148 valence electrons. The molecule has 0 aromatic carbocycles. The summed E-state index contributed by atoms with van der Waals surface area (Å²) in [6.07, 6.45) is 6.96. The van der Waals surface area contributed by atoms with Gasteiger partial charge in [-0.25, -0.2) is 0 Å². The molecule has 4 heteroatoms. The lowest BCUT2D eigenvalue weighted by Gasteiger charge is -2.38. The normalized spacial score (nSPS) is 26.8. The molecule has 1 saturated carbocycles. The van der Waals surface area contributed by atoms with Crippen molar-refractivity contribution in [2.24, 2.45) is 11.8 Å². The van der Waals surface area contributed by atoms with Gasteiger partial charge in [0.1, 0.15) is 0 Å². The van der Waals surface area contributed by atoms with Crippen molar-refractivity contribution in [2.45, 2.75) is 71.9 Å². The quantitative estimate of drug-likeness (QED) is 0.583. The molecular formula is C21H43N3O. The number of hydrogen-bond acceptors (Lipinski definition) is 4. The largest absolute Gasteiger partial charge is 0.377 e. The van der Waals surface area contributed by atoms with E-state index in [1.165, 1.54) is 64.8 Å². The summed E-state index contributed by atoms with van der Waals surface area (Å²) in [5.74, 6) is 1.64. The molecule has 2 aliphatic rings. The van der Waals surface area contributed by atoms with Gasteiger partial charge in [0.05, 0.1) is 12.7 Å². The molecular weight excluding hydrogens is 310 g/mol. The van der Waals surface area contributed by atoms with Gasteiger partial charge in [-0.05, 0) is 37.6 Å². The lowest BCUT2D eigenvalue weighted by Crippen LogP contribution is -2.49. The molecule has 25 heavy (non-hydrogen) atoms. The van der Waals surface area contributed by atoms with Crippen molar-refractivity contribution in [2.75, 3.05) is 52.4 Å². The van der Waals surface area contributed by atoms with Crippen LogP contribution in [0.25, 0.3) is 0 Å². The average Bonchev–Trinajstić information content (AvgIpc) is 2.56. The first-order valence-corrected chi connectivity index (χ1v) is 10.9. The second-order valence-corrected chi connectivity index (χ2v) is 8.67. The summed E-state index contributed by atoms with van der Waals surface area (Å²) in [6.45, 7) is 18.6. The molecule has 2 rings (SSSR count). The number of hydrogen-bond donors (Lipinski definition) is 1. The summed E-state index contributed by atoms with van der Waals surface area (Å²) in [7, 11) is 0.